The second kappa shape index (κ2) is 4.53. The van der Waals surface area contributed by atoms with Crippen molar-refractivity contribution in [3.05, 3.63) is 35.3 Å². The third-order valence-electron chi connectivity index (χ3n) is 2.92. The van der Waals surface area contributed by atoms with Crippen molar-refractivity contribution in [2.24, 2.45) is 7.05 Å². The number of aryl methyl sites for hydroxylation is 3. The van der Waals surface area contributed by atoms with Gasteiger partial charge in [-0.3, -0.25) is 0 Å². The molecule has 1 aromatic heterocycles. The Morgan fingerprint density at radius 1 is 1.33 bits per heavy atom. The molecule has 0 fully saturated rings. The quantitative estimate of drug-likeness (QED) is 0.812. The summed E-state index contributed by atoms with van der Waals surface area (Å²) in [5.41, 5.74) is 4.31. The number of nitriles is 1. The van der Waals surface area contributed by atoms with Gasteiger partial charge in [-0.2, -0.15) is 5.26 Å². The first-order valence-corrected chi connectivity index (χ1v) is 5.65. The van der Waals surface area contributed by atoms with Gasteiger partial charge in [0, 0.05) is 12.6 Å². The average molecular weight is 241 g/mol. The Morgan fingerprint density at radius 2 is 2.06 bits per heavy atom. The van der Waals surface area contributed by atoms with Crippen LogP contribution in [0.1, 0.15) is 16.8 Å². The maximum atomic E-state index is 9.13. The minimum atomic E-state index is 0.417. The molecular formula is C14H15N3O. The number of benzene rings is 1. The lowest BCUT2D eigenvalue weighted by atomic mass is 10.0. The molecule has 0 saturated heterocycles. The van der Waals surface area contributed by atoms with Crippen LogP contribution in [-0.2, 0) is 7.05 Å². The van der Waals surface area contributed by atoms with Crippen molar-refractivity contribution in [2.75, 3.05) is 7.11 Å². The molecular weight excluding hydrogens is 226 g/mol. The molecule has 0 aliphatic rings. The number of hydrogen-bond acceptors (Lipinski definition) is 3. The second-order valence-corrected chi connectivity index (χ2v) is 4.33. The number of imidazole rings is 1. The Morgan fingerprint density at radius 3 is 2.67 bits per heavy atom. The van der Waals surface area contributed by atoms with Crippen molar-refractivity contribution < 1.29 is 4.74 Å². The molecule has 1 heterocycles. The topological polar surface area (TPSA) is 50.8 Å². The van der Waals surface area contributed by atoms with E-state index in [0.717, 1.165) is 28.1 Å². The lowest BCUT2D eigenvalue weighted by Crippen LogP contribution is -1.98. The average Bonchev–Trinajstić information content (AvgIpc) is 2.69. The first-order valence-electron chi connectivity index (χ1n) is 5.65. The molecule has 0 radical (unpaired) electrons. The van der Waals surface area contributed by atoms with Crippen LogP contribution in [0.15, 0.2) is 18.5 Å². The van der Waals surface area contributed by atoms with Crippen molar-refractivity contribution >= 4 is 0 Å². The fourth-order valence-electron chi connectivity index (χ4n) is 2.23. The van der Waals surface area contributed by atoms with E-state index in [1.165, 1.54) is 0 Å². The molecule has 92 valence electrons. The molecule has 18 heavy (non-hydrogen) atoms. The van der Waals surface area contributed by atoms with Crippen LogP contribution in [0.4, 0.5) is 0 Å². The van der Waals surface area contributed by atoms with Crippen LogP contribution < -0.4 is 4.74 Å². The van der Waals surface area contributed by atoms with E-state index in [-0.39, 0.29) is 0 Å². The number of hydrogen-bond donors (Lipinski definition) is 0. The summed E-state index contributed by atoms with van der Waals surface area (Å²) >= 11 is 0. The van der Waals surface area contributed by atoms with Crippen LogP contribution in [0, 0.1) is 25.2 Å². The molecule has 2 aromatic rings. The number of rotatable bonds is 2. The zero-order chi connectivity index (χ0) is 13.3. The highest BCUT2D eigenvalue weighted by Crippen LogP contribution is 2.35. The first-order chi connectivity index (χ1) is 8.58. The molecule has 0 unspecified atom stereocenters. The van der Waals surface area contributed by atoms with Crippen molar-refractivity contribution in [3.63, 3.8) is 0 Å². The third-order valence-corrected chi connectivity index (χ3v) is 2.92. The summed E-state index contributed by atoms with van der Waals surface area (Å²) in [6.07, 6.45) is 1.64. The van der Waals surface area contributed by atoms with Crippen LogP contribution >= 0.6 is 0 Å². The minimum absolute atomic E-state index is 0.417. The molecule has 0 spiro atoms. The molecule has 4 heteroatoms. The van der Waals surface area contributed by atoms with E-state index in [1.54, 1.807) is 13.4 Å². The van der Waals surface area contributed by atoms with Gasteiger partial charge in [0.15, 0.2) is 5.69 Å². The highest BCUT2D eigenvalue weighted by Gasteiger charge is 2.17. The molecule has 0 aliphatic carbocycles. The van der Waals surface area contributed by atoms with Crippen molar-refractivity contribution in [2.45, 2.75) is 13.8 Å². The molecule has 2 rings (SSSR count). The molecule has 0 saturated carbocycles. The Labute approximate surface area is 106 Å². The summed E-state index contributed by atoms with van der Waals surface area (Å²) < 4.78 is 7.30. The van der Waals surface area contributed by atoms with E-state index in [1.807, 2.05) is 31.5 Å². The lowest BCUT2D eigenvalue weighted by molar-refractivity contribution is 0.413. The Hall–Kier alpha value is -2.28. The van der Waals surface area contributed by atoms with Gasteiger partial charge in [0.1, 0.15) is 11.8 Å². The van der Waals surface area contributed by atoms with Gasteiger partial charge in [0.25, 0.3) is 0 Å². The zero-order valence-corrected chi connectivity index (χ0v) is 11.0. The first kappa shape index (κ1) is 12.2. The lowest BCUT2D eigenvalue weighted by Gasteiger charge is -2.13. The minimum Gasteiger partial charge on any atom is -0.496 e. The summed E-state index contributed by atoms with van der Waals surface area (Å²) in [7, 11) is 3.52. The van der Waals surface area contributed by atoms with Gasteiger partial charge in [-0.25, -0.2) is 4.98 Å². The van der Waals surface area contributed by atoms with Gasteiger partial charge in [-0.05, 0) is 31.0 Å². The van der Waals surface area contributed by atoms with Crippen LogP contribution in [-0.4, -0.2) is 16.7 Å². The summed E-state index contributed by atoms with van der Waals surface area (Å²) in [4.78, 5) is 4.09. The summed E-state index contributed by atoms with van der Waals surface area (Å²) in [6, 6.07) is 6.20. The summed E-state index contributed by atoms with van der Waals surface area (Å²) in [5, 5.41) is 9.13. The predicted molar refractivity (Wildman–Crippen MR) is 69.4 cm³/mol. The van der Waals surface area contributed by atoms with Gasteiger partial charge in [-0.1, -0.05) is 6.07 Å². The fraction of sp³-hybridized carbons (Fsp3) is 0.286. The Bertz CT molecular complexity index is 635. The van der Waals surface area contributed by atoms with Gasteiger partial charge in [0.2, 0.25) is 0 Å². The van der Waals surface area contributed by atoms with Gasteiger partial charge >= 0.3 is 0 Å². The monoisotopic (exact) mass is 241 g/mol. The van der Waals surface area contributed by atoms with Crippen molar-refractivity contribution in [3.8, 4) is 23.1 Å². The number of methoxy groups -OCH3 is 1. The fourth-order valence-corrected chi connectivity index (χ4v) is 2.23. The van der Waals surface area contributed by atoms with E-state index in [2.05, 4.69) is 17.1 Å². The normalized spacial score (nSPS) is 10.2. The summed E-state index contributed by atoms with van der Waals surface area (Å²) in [5.74, 6) is 0.792. The van der Waals surface area contributed by atoms with Gasteiger partial charge in [0.05, 0.1) is 19.1 Å². The number of aromatic nitrogens is 2. The predicted octanol–water partition coefficient (Wildman–Crippen LogP) is 2.58. The second-order valence-electron chi connectivity index (χ2n) is 4.33. The number of nitrogens with zero attached hydrogens (tertiary/aromatic N) is 3. The molecule has 0 aliphatic heterocycles. The highest BCUT2D eigenvalue weighted by atomic mass is 16.5. The Balaban J connectivity index is 2.78. The van der Waals surface area contributed by atoms with E-state index >= 15 is 0 Å². The van der Waals surface area contributed by atoms with Gasteiger partial charge in [-0.15, -0.1) is 0 Å². The van der Waals surface area contributed by atoms with Crippen LogP contribution in [0.3, 0.4) is 0 Å². The molecule has 1 aromatic carbocycles. The van der Waals surface area contributed by atoms with Crippen molar-refractivity contribution in [1.82, 2.24) is 9.55 Å². The molecule has 0 bridgehead atoms. The zero-order valence-electron chi connectivity index (χ0n) is 11.0. The maximum absolute atomic E-state index is 9.13. The smallest absolute Gasteiger partial charge is 0.166 e. The van der Waals surface area contributed by atoms with Crippen LogP contribution in [0.5, 0.6) is 5.75 Å². The van der Waals surface area contributed by atoms with E-state index in [0.29, 0.717) is 5.69 Å². The van der Waals surface area contributed by atoms with E-state index in [9.17, 15) is 0 Å². The number of ether oxygens (including phenoxy) is 1. The molecule has 0 atom stereocenters. The Kier molecular flexibility index (Phi) is 3.07. The third kappa shape index (κ3) is 1.84. The largest absolute Gasteiger partial charge is 0.496 e. The molecule has 4 nitrogen and oxygen atoms in total. The maximum Gasteiger partial charge on any atom is 0.166 e. The molecule has 0 amide bonds. The standard InChI is InChI=1S/C14H15N3O/c1-9-5-10(2)14(18-4)11(6-9)13-12(7-15)16-8-17(13)3/h5-6,8H,1-4H3. The SMILES string of the molecule is COc1c(C)cc(C)cc1-c1c(C#N)ncn1C. The van der Waals surface area contributed by atoms with Gasteiger partial charge < -0.3 is 9.30 Å². The summed E-state index contributed by atoms with van der Waals surface area (Å²) in [6.45, 7) is 4.02. The highest BCUT2D eigenvalue weighted by molar-refractivity contribution is 5.74. The van der Waals surface area contributed by atoms with Crippen molar-refractivity contribution in [1.29, 1.82) is 5.26 Å². The van der Waals surface area contributed by atoms with Crippen LogP contribution in [0.25, 0.3) is 11.3 Å². The molecule has 0 N–H and O–H groups in total. The van der Waals surface area contributed by atoms with E-state index in [4.69, 9.17) is 10.00 Å². The van der Waals surface area contributed by atoms with Crippen LogP contribution in [0.2, 0.25) is 0 Å². The van der Waals surface area contributed by atoms with E-state index < -0.39 is 0 Å².